The third-order valence-corrected chi connectivity index (χ3v) is 2.02. The van der Waals surface area contributed by atoms with Gasteiger partial charge in [-0.25, -0.2) is 0 Å². The van der Waals surface area contributed by atoms with Crippen LogP contribution in [0.3, 0.4) is 0 Å². The van der Waals surface area contributed by atoms with E-state index in [1.54, 1.807) is 6.08 Å². The molecule has 15 heavy (non-hydrogen) atoms. The Labute approximate surface area is 88.0 Å². The smallest absolute Gasteiger partial charge is 0.303 e. The highest BCUT2D eigenvalue weighted by molar-refractivity contribution is 5.74. The number of hydrogen-bond donors (Lipinski definition) is 1. The Bertz CT molecular complexity index is 380. The minimum atomic E-state index is -0.816. The summed E-state index contributed by atoms with van der Waals surface area (Å²) in [4.78, 5) is 20.6. The molecular formula is C12H12O3. The number of rotatable bonds is 5. The lowest BCUT2D eigenvalue weighted by atomic mass is 10.0. The maximum absolute atomic E-state index is 10.4. The van der Waals surface area contributed by atoms with Gasteiger partial charge in [0, 0.05) is 6.42 Å². The van der Waals surface area contributed by atoms with E-state index in [4.69, 9.17) is 5.11 Å². The zero-order chi connectivity index (χ0) is 11.1. The third-order valence-electron chi connectivity index (χ3n) is 2.02. The molecule has 0 heterocycles. The lowest BCUT2D eigenvalue weighted by molar-refractivity contribution is -0.136. The van der Waals surface area contributed by atoms with Gasteiger partial charge in [-0.1, -0.05) is 30.3 Å². The van der Waals surface area contributed by atoms with Crippen molar-refractivity contribution < 1.29 is 14.7 Å². The van der Waals surface area contributed by atoms with Crippen molar-refractivity contribution in [2.75, 3.05) is 0 Å². The molecule has 3 heteroatoms. The standard InChI is InChI=1S/C12H12O3/c13-9-3-6-10-4-1-2-5-11(10)7-8-12(14)15/h1-6,9H,7-8H2,(H,14,15). The first-order valence-corrected chi connectivity index (χ1v) is 4.65. The van der Waals surface area contributed by atoms with Crippen LogP contribution in [0.5, 0.6) is 0 Å². The van der Waals surface area contributed by atoms with Crippen LogP contribution in [0.15, 0.2) is 30.3 Å². The molecule has 0 aliphatic carbocycles. The van der Waals surface area contributed by atoms with Gasteiger partial charge in [0.2, 0.25) is 0 Å². The number of benzene rings is 1. The Morgan fingerprint density at radius 3 is 2.73 bits per heavy atom. The molecule has 0 fully saturated rings. The second kappa shape index (κ2) is 5.75. The summed E-state index contributed by atoms with van der Waals surface area (Å²) in [7, 11) is 0. The van der Waals surface area contributed by atoms with E-state index in [1.165, 1.54) is 6.08 Å². The third kappa shape index (κ3) is 3.77. The van der Waals surface area contributed by atoms with E-state index in [2.05, 4.69) is 0 Å². The molecule has 0 spiro atoms. The van der Waals surface area contributed by atoms with Gasteiger partial charge >= 0.3 is 5.97 Å². The Kier molecular flexibility index (Phi) is 4.29. The normalized spacial score (nSPS) is 10.4. The van der Waals surface area contributed by atoms with Crippen LogP contribution in [0.1, 0.15) is 17.5 Å². The van der Waals surface area contributed by atoms with E-state index in [9.17, 15) is 9.59 Å². The zero-order valence-electron chi connectivity index (χ0n) is 8.22. The van der Waals surface area contributed by atoms with Crippen molar-refractivity contribution in [2.24, 2.45) is 0 Å². The quantitative estimate of drug-likeness (QED) is 0.588. The molecule has 0 saturated heterocycles. The molecule has 0 bridgehead atoms. The lowest BCUT2D eigenvalue weighted by Gasteiger charge is -2.03. The Morgan fingerprint density at radius 2 is 2.07 bits per heavy atom. The predicted octanol–water partition coefficient (Wildman–Crippen LogP) is 1.92. The maximum atomic E-state index is 10.4. The number of aliphatic carboxylic acids is 1. The summed E-state index contributed by atoms with van der Waals surface area (Å²) < 4.78 is 0. The molecular weight excluding hydrogens is 192 g/mol. The molecule has 0 aromatic heterocycles. The molecule has 1 aromatic carbocycles. The molecule has 0 saturated carbocycles. The van der Waals surface area contributed by atoms with Crippen molar-refractivity contribution in [3.63, 3.8) is 0 Å². The summed E-state index contributed by atoms with van der Waals surface area (Å²) in [6.45, 7) is 0. The van der Waals surface area contributed by atoms with Crippen molar-refractivity contribution in [1.82, 2.24) is 0 Å². The molecule has 3 nitrogen and oxygen atoms in total. The highest BCUT2D eigenvalue weighted by Crippen LogP contribution is 2.12. The topological polar surface area (TPSA) is 54.4 Å². The first-order valence-electron chi connectivity index (χ1n) is 4.65. The summed E-state index contributed by atoms with van der Waals surface area (Å²) >= 11 is 0. The number of hydrogen-bond acceptors (Lipinski definition) is 2. The van der Waals surface area contributed by atoms with Gasteiger partial charge in [0.15, 0.2) is 0 Å². The van der Waals surface area contributed by atoms with E-state index in [1.807, 2.05) is 24.3 Å². The molecule has 1 N–H and O–H groups in total. The first kappa shape index (κ1) is 11.2. The Balaban J connectivity index is 2.81. The largest absolute Gasteiger partial charge is 0.481 e. The summed E-state index contributed by atoms with van der Waals surface area (Å²) in [5, 5.41) is 8.57. The van der Waals surface area contributed by atoms with Crippen molar-refractivity contribution in [1.29, 1.82) is 0 Å². The van der Waals surface area contributed by atoms with E-state index < -0.39 is 5.97 Å². The fourth-order valence-electron chi connectivity index (χ4n) is 1.31. The van der Waals surface area contributed by atoms with E-state index in [-0.39, 0.29) is 6.42 Å². The number of carboxylic acids is 1. The van der Waals surface area contributed by atoms with Crippen LogP contribution in [0.4, 0.5) is 0 Å². The van der Waals surface area contributed by atoms with Gasteiger partial charge in [-0.3, -0.25) is 9.59 Å². The number of aryl methyl sites for hydroxylation is 1. The van der Waals surface area contributed by atoms with E-state index >= 15 is 0 Å². The van der Waals surface area contributed by atoms with Gasteiger partial charge in [0.1, 0.15) is 6.29 Å². The number of carbonyl (C=O) groups excluding carboxylic acids is 1. The van der Waals surface area contributed by atoms with Crippen LogP contribution >= 0.6 is 0 Å². The second-order valence-electron chi connectivity index (χ2n) is 3.09. The molecule has 0 atom stereocenters. The number of carboxylic acid groups (broad SMARTS) is 1. The summed E-state index contributed by atoms with van der Waals surface area (Å²) in [6.07, 6.45) is 4.37. The monoisotopic (exact) mass is 204 g/mol. The van der Waals surface area contributed by atoms with Crippen LogP contribution in [0.2, 0.25) is 0 Å². The maximum Gasteiger partial charge on any atom is 0.303 e. The average molecular weight is 204 g/mol. The Morgan fingerprint density at radius 1 is 1.33 bits per heavy atom. The van der Waals surface area contributed by atoms with Crippen molar-refractivity contribution in [2.45, 2.75) is 12.8 Å². The number of allylic oxidation sites excluding steroid dienone is 1. The van der Waals surface area contributed by atoms with Gasteiger partial charge in [-0.2, -0.15) is 0 Å². The van der Waals surface area contributed by atoms with Crippen molar-refractivity contribution >= 4 is 18.3 Å². The van der Waals surface area contributed by atoms with Crippen LogP contribution < -0.4 is 0 Å². The van der Waals surface area contributed by atoms with Gasteiger partial charge < -0.3 is 5.11 Å². The fourth-order valence-corrected chi connectivity index (χ4v) is 1.31. The molecule has 0 aliphatic heterocycles. The molecule has 1 aromatic rings. The highest BCUT2D eigenvalue weighted by atomic mass is 16.4. The average Bonchev–Trinajstić information content (AvgIpc) is 2.24. The molecule has 78 valence electrons. The highest BCUT2D eigenvalue weighted by Gasteiger charge is 2.01. The lowest BCUT2D eigenvalue weighted by Crippen LogP contribution is -1.98. The Hall–Kier alpha value is -1.90. The number of carbonyl (C=O) groups is 2. The summed E-state index contributed by atoms with van der Waals surface area (Å²) in [5.74, 6) is -0.816. The van der Waals surface area contributed by atoms with Crippen LogP contribution in [0.25, 0.3) is 6.08 Å². The molecule has 1 rings (SSSR count). The van der Waals surface area contributed by atoms with Crippen LogP contribution in [-0.4, -0.2) is 17.4 Å². The molecule has 0 aliphatic rings. The first-order chi connectivity index (χ1) is 7.24. The fraction of sp³-hybridized carbons (Fsp3) is 0.167. The zero-order valence-corrected chi connectivity index (χ0v) is 8.22. The van der Waals surface area contributed by atoms with Crippen molar-refractivity contribution in [3.8, 4) is 0 Å². The van der Waals surface area contributed by atoms with Gasteiger partial charge in [0.25, 0.3) is 0 Å². The van der Waals surface area contributed by atoms with Crippen LogP contribution in [-0.2, 0) is 16.0 Å². The summed E-state index contributed by atoms with van der Waals surface area (Å²) in [6, 6.07) is 7.44. The summed E-state index contributed by atoms with van der Waals surface area (Å²) in [5.41, 5.74) is 1.84. The van der Waals surface area contributed by atoms with Crippen LogP contribution in [0, 0.1) is 0 Å². The van der Waals surface area contributed by atoms with Crippen molar-refractivity contribution in [3.05, 3.63) is 41.5 Å². The van der Waals surface area contributed by atoms with E-state index in [0.717, 1.165) is 11.1 Å². The van der Waals surface area contributed by atoms with Gasteiger partial charge in [-0.05, 0) is 23.6 Å². The SMILES string of the molecule is O=CC=Cc1ccccc1CCC(=O)O. The predicted molar refractivity (Wildman–Crippen MR) is 57.5 cm³/mol. The van der Waals surface area contributed by atoms with Gasteiger partial charge in [-0.15, -0.1) is 0 Å². The van der Waals surface area contributed by atoms with Gasteiger partial charge in [0.05, 0.1) is 0 Å². The molecule has 0 radical (unpaired) electrons. The minimum Gasteiger partial charge on any atom is -0.481 e. The number of aldehydes is 1. The second-order valence-corrected chi connectivity index (χ2v) is 3.09. The van der Waals surface area contributed by atoms with E-state index in [0.29, 0.717) is 12.7 Å². The molecule has 0 amide bonds. The molecule has 0 unspecified atom stereocenters. The minimum absolute atomic E-state index is 0.103.